The van der Waals surface area contributed by atoms with Crippen LogP contribution in [0.15, 0.2) is 58.8 Å². The van der Waals surface area contributed by atoms with Crippen LogP contribution < -0.4 is 0 Å². The first kappa shape index (κ1) is 21.0. The van der Waals surface area contributed by atoms with Gasteiger partial charge >= 0.3 is 0 Å². The monoisotopic (exact) mass is 442 g/mol. The minimum atomic E-state index is -3.56. The lowest BCUT2D eigenvalue weighted by atomic mass is 9.96. The maximum atomic E-state index is 13.1. The molecule has 2 heterocycles. The average Bonchev–Trinajstić information content (AvgIpc) is 3.17. The molecule has 1 aliphatic rings. The van der Waals surface area contributed by atoms with Crippen molar-refractivity contribution in [3.8, 4) is 0 Å². The molecular formula is C23H26N2O3S2. The van der Waals surface area contributed by atoms with Gasteiger partial charge in [0.1, 0.15) is 0 Å². The first-order chi connectivity index (χ1) is 14.4. The smallest absolute Gasteiger partial charge is 0.243 e. The minimum Gasteiger partial charge on any atom is -0.340 e. The Labute approximate surface area is 182 Å². The second-order valence-corrected chi connectivity index (χ2v) is 10.8. The van der Waals surface area contributed by atoms with E-state index in [0.717, 1.165) is 10.8 Å². The van der Waals surface area contributed by atoms with Crippen LogP contribution in [0.5, 0.6) is 0 Å². The van der Waals surface area contributed by atoms with Crippen LogP contribution in [-0.2, 0) is 21.4 Å². The molecule has 7 heteroatoms. The van der Waals surface area contributed by atoms with Gasteiger partial charge in [-0.05, 0) is 59.7 Å². The Hall–Kier alpha value is -2.22. The Balaban J connectivity index is 1.41. The Morgan fingerprint density at radius 3 is 2.47 bits per heavy atom. The number of aryl methyl sites for hydroxylation is 1. The normalized spacial score (nSPS) is 16.1. The first-order valence-corrected chi connectivity index (χ1v) is 12.4. The van der Waals surface area contributed by atoms with Gasteiger partial charge in [0.15, 0.2) is 0 Å². The van der Waals surface area contributed by atoms with Crippen molar-refractivity contribution in [2.75, 3.05) is 20.1 Å². The molecule has 158 valence electrons. The van der Waals surface area contributed by atoms with Crippen molar-refractivity contribution in [1.29, 1.82) is 0 Å². The Morgan fingerprint density at radius 2 is 1.80 bits per heavy atom. The fourth-order valence-electron chi connectivity index (χ4n) is 3.99. The molecule has 0 unspecified atom stereocenters. The van der Waals surface area contributed by atoms with E-state index in [2.05, 4.69) is 13.0 Å². The summed E-state index contributed by atoms with van der Waals surface area (Å²) >= 11 is 1.66. The van der Waals surface area contributed by atoms with E-state index in [1.54, 1.807) is 28.4 Å². The third-order valence-electron chi connectivity index (χ3n) is 5.89. The largest absolute Gasteiger partial charge is 0.340 e. The van der Waals surface area contributed by atoms with Crippen LogP contribution in [0.3, 0.4) is 0 Å². The van der Waals surface area contributed by atoms with Crippen LogP contribution in [0.2, 0.25) is 0 Å². The molecule has 0 bridgehead atoms. The summed E-state index contributed by atoms with van der Waals surface area (Å²) in [6.45, 7) is 3.41. The zero-order valence-electron chi connectivity index (χ0n) is 17.2. The van der Waals surface area contributed by atoms with Gasteiger partial charge in [-0.1, -0.05) is 30.3 Å². The van der Waals surface area contributed by atoms with Crippen LogP contribution in [0, 0.1) is 12.8 Å². The summed E-state index contributed by atoms with van der Waals surface area (Å²) in [5.41, 5.74) is 1.20. The van der Waals surface area contributed by atoms with Crippen molar-refractivity contribution < 1.29 is 13.2 Å². The van der Waals surface area contributed by atoms with Gasteiger partial charge in [0.25, 0.3) is 0 Å². The quantitative estimate of drug-likeness (QED) is 0.593. The Bertz CT molecular complexity index is 1160. The number of carbonyl (C=O) groups excluding carboxylic acids is 1. The summed E-state index contributed by atoms with van der Waals surface area (Å²) in [5.74, 6) is -0.0242. The van der Waals surface area contributed by atoms with Crippen LogP contribution in [0.4, 0.5) is 0 Å². The molecule has 4 rings (SSSR count). The van der Waals surface area contributed by atoms with E-state index < -0.39 is 10.0 Å². The van der Waals surface area contributed by atoms with Crippen molar-refractivity contribution in [3.05, 3.63) is 64.4 Å². The molecule has 0 spiro atoms. The number of fused-ring (bicyclic) bond motifs is 1. The number of nitrogens with zero attached hydrogens (tertiary/aromatic N) is 2. The molecule has 1 fully saturated rings. The molecule has 0 N–H and O–H groups in total. The second-order valence-electron chi connectivity index (χ2n) is 7.91. The van der Waals surface area contributed by atoms with Gasteiger partial charge in [0, 0.05) is 30.9 Å². The predicted molar refractivity (Wildman–Crippen MR) is 121 cm³/mol. The van der Waals surface area contributed by atoms with Crippen molar-refractivity contribution in [1.82, 2.24) is 9.21 Å². The van der Waals surface area contributed by atoms with Gasteiger partial charge in [-0.25, -0.2) is 8.42 Å². The lowest BCUT2D eigenvalue weighted by Crippen LogP contribution is -2.43. The highest BCUT2D eigenvalue weighted by Crippen LogP contribution is 2.27. The summed E-state index contributed by atoms with van der Waals surface area (Å²) < 4.78 is 27.8. The SMILES string of the molecule is Cc1ccsc1CN(C)C(=O)C1CCN(S(=O)(=O)c2ccc3ccccc3c2)CC1. The standard InChI is InChI=1S/C23H26N2O3S2/c1-17-11-14-29-22(17)16-24(2)23(26)19-9-12-25(13-10-19)30(27,28)21-8-7-18-5-3-4-6-20(18)15-21/h3-8,11,14-15,19H,9-10,12-13,16H2,1-2H3. The lowest BCUT2D eigenvalue weighted by Gasteiger charge is -2.32. The van der Waals surface area contributed by atoms with E-state index in [1.807, 2.05) is 42.8 Å². The third kappa shape index (κ3) is 4.15. The summed E-state index contributed by atoms with van der Waals surface area (Å²) in [7, 11) is -1.73. The van der Waals surface area contributed by atoms with E-state index in [1.165, 1.54) is 14.7 Å². The van der Waals surface area contributed by atoms with Crippen molar-refractivity contribution in [2.45, 2.75) is 31.2 Å². The van der Waals surface area contributed by atoms with Gasteiger partial charge in [-0.3, -0.25) is 4.79 Å². The molecule has 1 aromatic heterocycles. The van der Waals surface area contributed by atoms with Gasteiger partial charge in [0.2, 0.25) is 15.9 Å². The zero-order valence-corrected chi connectivity index (χ0v) is 18.9. The molecule has 0 saturated carbocycles. The van der Waals surface area contributed by atoms with Gasteiger partial charge in [0.05, 0.1) is 11.4 Å². The topological polar surface area (TPSA) is 57.7 Å². The molecule has 0 aliphatic carbocycles. The number of amides is 1. The summed E-state index contributed by atoms with van der Waals surface area (Å²) in [5, 5.41) is 3.97. The number of thiophene rings is 1. The van der Waals surface area contributed by atoms with Crippen molar-refractivity contribution in [2.24, 2.45) is 5.92 Å². The number of hydrogen-bond donors (Lipinski definition) is 0. The number of benzene rings is 2. The first-order valence-electron chi connectivity index (χ1n) is 10.1. The molecule has 1 saturated heterocycles. The van der Waals surface area contributed by atoms with Crippen LogP contribution >= 0.6 is 11.3 Å². The maximum Gasteiger partial charge on any atom is 0.243 e. The molecule has 1 aliphatic heterocycles. The highest BCUT2D eigenvalue weighted by Gasteiger charge is 2.33. The third-order valence-corrected chi connectivity index (χ3v) is 8.79. The average molecular weight is 443 g/mol. The lowest BCUT2D eigenvalue weighted by molar-refractivity contribution is -0.135. The van der Waals surface area contributed by atoms with E-state index in [-0.39, 0.29) is 11.8 Å². The fraction of sp³-hybridized carbons (Fsp3) is 0.348. The van der Waals surface area contributed by atoms with Crippen LogP contribution in [-0.4, -0.2) is 43.7 Å². The molecule has 0 radical (unpaired) electrons. The zero-order chi connectivity index (χ0) is 21.3. The highest BCUT2D eigenvalue weighted by atomic mass is 32.2. The van der Waals surface area contributed by atoms with Crippen LogP contribution in [0.25, 0.3) is 10.8 Å². The van der Waals surface area contributed by atoms with E-state index in [0.29, 0.717) is 37.4 Å². The number of piperidine rings is 1. The number of carbonyl (C=O) groups is 1. The molecule has 0 atom stereocenters. The van der Waals surface area contributed by atoms with E-state index in [9.17, 15) is 13.2 Å². The molecular weight excluding hydrogens is 416 g/mol. The Morgan fingerprint density at radius 1 is 1.10 bits per heavy atom. The molecule has 30 heavy (non-hydrogen) atoms. The van der Waals surface area contributed by atoms with Crippen molar-refractivity contribution in [3.63, 3.8) is 0 Å². The second kappa shape index (κ2) is 8.49. The molecule has 3 aromatic rings. The van der Waals surface area contributed by atoms with Gasteiger partial charge < -0.3 is 4.90 Å². The number of hydrogen-bond acceptors (Lipinski definition) is 4. The predicted octanol–water partition coefficient (Wildman–Crippen LogP) is 4.27. The number of sulfonamides is 1. The molecule has 5 nitrogen and oxygen atoms in total. The summed E-state index contributed by atoms with van der Waals surface area (Å²) in [4.78, 5) is 16.2. The van der Waals surface area contributed by atoms with E-state index >= 15 is 0 Å². The van der Waals surface area contributed by atoms with Gasteiger partial charge in [-0.15, -0.1) is 11.3 Å². The van der Waals surface area contributed by atoms with Crippen molar-refractivity contribution >= 4 is 38.0 Å². The summed E-state index contributed by atoms with van der Waals surface area (Å²) in [6, 6.07) is 15.1. The Kier molecular flexibility index (Phi) is 5.95. The molecule has 1 amide bonds. The maximum absolute atomic E-state index is 13.1. The van der Waals surface area contributed by atoms with Gasteiger partial charge in [-0.2, -0.15) is 4.31 Å². The highest BCUT2D eigenvalue weighted by molar-refractivity contribution is 7.89. The summed E-state index contributed by atoms with van der Waals surface area (Å²) in [6.07, 6.45) is 1.11. The fourth-order valence-corrected chi connectivity index (χ4v) is 6.46. The van der Waals surface area contributed by atoms with E-state index in [4.69, 9.17) is 0 Å². The number of rotatable bonds is 5. The minimum absolute atomic E-state index is 0.102. The van der Waals surface area contributed by atoms with Crippen LogP contribution in [0.1, 0.15) is 23.3 Å². The molecule has 2 aromatic carbocycles.